The van der Waals surface area contributed by atoms with Crippen LogP contribution < -0.4 is 10.2 Å². The number of carbonyl (C=O) groups excluding carboxylic acids is 1. The zero-order valence-corrected chi connectivity index (χ0v) is 24.2. The molecule has 4 heterocycles. The number of benzene rings is 1. The molecule has 2 saturated heterocycles. The van der Waals surface area contributed by atoms with Crippen LogP contribution in [-0.4, -0.2) is 73.0 Å². The predicted molar refractivity (Wildman–Crippen MR) is 158 cm³/mol. The Morgan fingerprint density at radius 2 is 1.76 bits per heavy atom. The van der Waals surface area contributed by atoms with Crippen LogP contribution in [0.5, 0.6) is 0 Å². The number of amides is 1. The Bertz CT molecular complexity index is 1310. The van der Waals surface area contributed by atoms with Crippen LogP contribution in [0.25, 0.3) is 0 Å². The summed E-state index contributed by atoms with van der Waals surface area (Å²) in [5, 5.41) is 3.25. The van der Waals surface area contributed by atoms with Crippen LogP contribution in [0, 0.1) is 11.8 Å². The van der Waals surface area contributed by atoms with Crippen LogP contribution >= 0.6 is 0 Å². The number of hydrogen-bond acceptors (Lipinski definition) is 5. The fraction of sp³-hybridized carbons (Fsp3) is 0.515. The van der Waals surface area contributed by atoms with Crippen LogP contribution in [-0.2, 0) is 6.18 Å². The molecule has 1 aliphatic carbocycles. The van der Waals surface area contributed by atoms with Gasteiger partial charge in [-0.15, -0.1) is 0 Å². The highest BCUT2D eigenvalue weighted by molar-refractivity contribution is 5.94. The Kier molecular flexibility index (Phi) is 8.30. The van der Waals surface area contributed by atoms with Gasteiger partial charge in [-0.2, -0.15) is 13.2 Å². The molecule has 0 radical (unpaired) electrons. The predicted octanol–water partition coefficient (Wildman–Crippen LogP) is 5.70. The first-order chi connectivity index (χ1) is 20.2. The molecule has 2 aromatic rings. The third kappa shape index (κ3) is 6.83. The molecule has 42 heavy (non-hydrogen) atoms. The van der Waals surface area contributed by atoms with Gasteiger partial charge in [0.1, 0.15) is 0 Å². The van der Waals surface area contributed by atoms with Gasteiger partial charge in [0.25, 0.3) is 5.91 Å². The summed E-state index contributed by atoms with van der Waals surface area (Å²) in [5.74, 6) is 1.56. The summed E-state index contributed by atoms with van der Waals surface area (Å²) in [6, 6.07) is 7.72. The lowest BCUT2D eigenvalue weighted by Gasteiger charge is -2.34. The quantitative estimate of drug-likeness (QED) is 0.456. The van der Waals surface area contributed by atoms with Crippen molar-refractivity contribution in [3.8, 4) is 0 Å². The van der Waals surface area contributed by atoms with Crippen molar-refractivity contribution < 1.29 is 18.0 Å². The molecule has 1 aromatic heterocycles. The highest BCUT2D eigenvalue weighted by Crippen LogP contribution is 2.54. The van der Waals surface area contributed by atoms with E-state index in [4.69, 9.17) is 0 Å². The minimum absolute atomic E-state index is 0.0376. The molecular weight excluding hydrogens is 539 g/mol. The molecule has 3 fully saturated rings. The van der Waals surface area contributed by atoms with Gasteiger partial charge in [-0.1, -0.05) is 12.2 Å². The maximum absolute atomic E-state index is 13.1. The van der Waals surface area contributed by atoms with Crippen LogP contribution in [0.4, 0.5) is 18.9 Å². The second-order valence-electron chi connectivity index (χ2n) is 12.5. The highest BCUT2D eigenvalue weighted by atomic mass is 19.4. The van der Waals surface area contributed by atoms with Crippen molar-refractivity contribution in [1.82, 2.24) is 20.1 Å². The summed E-state index contributed by atoms with van der Waals surface area (Å²) in [7, 11) is 2.09. The van der Waals surface area contributed by atoms with Crippen molar-refractivity contribution in [3.63, 3.8) is 0 Å². The van der Waals surface area contributed by atoms with Gasteiger partial charge in [0.05, 0.1) is 11.1 Å². The summed E-state index contributed by atoms with van der Waals surface area (Å²) < 4.78 is 38.7. The van der Waals surface area contributed by atoms with E-state index in [1.54, 1.807) is 18.3 Å². The first-order valence-electron chi connectivity index (χ1n) is 15.2. The molecule has 1 unspecified atom stereocenters. The smallest absolute Gasteiger partial charge is 0.376 e. The largest absolute Gasteiger partial charge is 0.416 e. The first-order valence-corrected chi connectivity index (χ1v) is 15.2. The number of carbonyl (C=O) groups is 1. The number of anilines is 1. The summed E-state index contributed by atoms with van der Waals surface area (Å²) >= 11 is 0. The minimum atomic E-state index is -4.31. The average Bonchev–Trinajstić information content (AvgIpc) is 3.79. The van der Waals surface area contributed by atoms with E-state index in [2.05, 4.69) is 50.4 Å². The maximum Gasteiger partial charge on any atom is 0.416 e. The number of halogens is 3. The molecule has 1 amide bonds. The third-order valence-corrected chi connectivity index (χ3v) is 9.43. The number of nitrogens with one attached hydrogen (secondary N) is 1. The molecule has 3 aliphatic heterocycles. The van der Waals surface area contributed by atoms with E-state index in [1.807, 2.05) is 12.3 Å². The molecule has 1 saturated carbocycles. The van der Waals surface area contributed by atoms with Gasteiger partial charge >= 0.3 is 6.18 Å². The number of likely N-dealkylation sites (tertiary alicyclic amines) is 1. The maximum atomic E-state index is 13.1. The summed E-state index contributed by atoms with van der Waals surface area (Å²) in [5.41, 5.74) is 3.36. The molecule has 0 bridgehead atoms. The van der Waals surface area contributed by atoms with E-state index in [9.17, 15) is 18.0 Å². The zero-order valence-electron chi connectivity index (χ0n) is 24.2. The monoisotopic (exact) mass is 579 g/mol. The van der Waals surface area contributed by atoms with E-state index in [1.165, 1.54) is 17.7 Å². The van der Waals surface area contributed by atoms with E-state index in [-0.39, 0.29) is 11.9 Å². The molecule has 224 valence electrons. The Morgan fingerprint density at radius 3 is 2.45 bits per heavy atom. The van der Waals surface area contributed by atoms with Gasteiger partial charge in [0.15, 0.2) is 0 Å². The molecule has 1 aromatic carbocycles. The van der Waals surface area contributed by atoms with Crippen LogP contribution in [0.1, 0.15) is 59.5 Å². The number of hydrogen-bond donors (Lipinski definition) is 1. The van der Waals surface area contributed by atoms with Crippen LogP contribution in [0.3, 0.4) is 0 Å². The van der Waals surface area contributed by atoms with Gasteiger partial charge in [0.2, 0.25) is 0 Å². The van der Waals surface area contributed by atoms with Gasteiger partial charge in [0, 0.05) is 76.6 Å². The standard InChI is InChI=1S/C33H40F3N5O/c1-39-12-2-3-23(21-39)22-40-13-10-28(11-14-40)38-32(42)26-17-25(19-37-20-26)31-18-30(31)24-8-15-41(16-9-24)29-6-4-27(5-7-29)33(34,35)36/h2-7,17,19-21,24,28,30-31H,8-16,18,22H2,1H3,(H,38,42)/t30?,31-/m1/s1. The molecular formula is C33H40F3N5O. The normalized spacial score (nSPS) is 24.0. The Morgan fingerprint density at radius 1 is 1.02 bits per heavy atom. The van der Waals surface area contributed by atoms with Crippen molar-refractivity contribution in [3.05, 3.63) is 83.3 Å². The van der Waals surface area contributed by atoms with Gasteiger partial charge in [-0.05, 0) is 91.3 Å². The lowest BCUT2D eigenvalue weighted by Crippen LogP contribution is -2.45. The molecule has 9 heteroatoms. The van der Waals surface area contributed by atoms with Crippen molar-refractivity contribution in [2.75, 3.05) is 51.2 Å². The van der Waals surface area contributed by atoms with Gasteiger partial charge < -0.3 is 15.1 Å². The Labute approximate surface area is 246 Å². The molecule has 6 rings (SSSR count). The van der Waals surface area contributed by atoms with Crippen molar-refractivity contribution in [2.45, 2.75) is 50.2 Å². The van der Waals surface area contributed by atoms with Gasteiger partial charge in [-0.25, -0.2) is 0 Å². The SMILES string of the molecule is CN1C=C(CN2CCC(NC(=O)c3cncc([C@H]4CC4C4CCN(c5ccc(C(F)(F)F)cc5)CC4)c3)CC2)C=CC1. The second kappa shape index (κ2) is 12.1. The average molecular weight is 580 g/mol. The third-order valence-electron chi connectivity index (χ3n) is 9.43. The van der Waals surface area contributed by atoms with E-state index >= 15 is 0 Å². The van der Waals surface area contributed by atoms with Crippen molar-refractivity contribution >= 4 is 11.6 Å². The van der Waals surface area contributed by atoms with Crippen LogP contribution in [0.2, 0.25) is 0 Å². The zero-order chi connectivity index (χ0) is 29.3. The lowest BCUT2D eigenvalue weighted by molar-refractivity contribution is -0.137. The van der Waals surface area contributed by atoms with Gasteiger partial charge in [-0.3, -0.25) is 14.7 Å². The van der Waals surface area contributed by atoms with Crippen molar-refractivity contribution in [2.24, 2.45) is 11.8 Å². The Balaban J connectivity index is 0.961. The molecule has 1 N–H and O–H groups in total. The fourth-order valence-electron chi connectivity index (χ4n) is 6.96. The first kappa shape index (κ1) is 28.8. The molecule has 4 aliphatic rings. The van der Waals surface area contributed by atoms with E-state index < -0.39 is 11.7 Å². The molecule has 6 nitrogen and oxygen atoms in total. The number of likely N-dealkylation sites (N-methyl/N-ethyl adjacent to an activating group) is 1. The number of rotatable bonds is 7. The fourth-order valence-corrected chi connectivity index (χ4v) is 6.96. The van der Waals surface area contributed by atoms with E-state index in [0.29, 0.717) is 23.3 Å². The topological polar surface area (TPSA) is 51.7 Å². The van der Waals surface area contributed by atoms with Crippen molar-refractivity contribution in [1.29, 1.82) is 0 Å². The second-order valence-corrected chi connectivity index (χ2v) is 12.5. The summed E-state index contributed by atoms with van der Waals surface area (Å²) in [6.45, 7) is 5.56. The molecule has 2 atom stereocenters. The number of alkyl halides is 3. The minimum Gasteiger partial charge on any atom is -0.376 e. The summed E-state index contributed by atoms with van der Waals surface area (Å²) in [6.07, 6.45) is 11.0. The molecule has 0 spiro atoms. The number of piperidine rings is 2. The highest BCUT2D eigenvalue weighted by Gasteiger charge is 2.44. The van der Waals surface area contributed by atoms with E-state index in [0.717, 1.165) is 82.6 Å². The Hall–Kier alpha value is -3.33. The van der Waals surface area contributed by atoms with Crippen LogP contribution in [0.15, 0.2) is 66.7 Å². The number of nitrogens with zero attached hydrogens (tertiary/aromatic N) is 4. The summed E-state index contributed by atoms with van der Waals surface area (Å²) in [4.78, 5) is 24.4. The number of pyridine rings is 1. The lowest BCUT2D eigenvalue weighted by atomic mass is 9.89. The number of aromatic nitrogens is 1.